The summed E-state index contributed by atoms with van der Waals surface area (Å²) < 4.78 is 6.03. The van der Waals surface area contributed by atoms with Gasteiger partial charge >= 0.3 is 5.97 Å². The number of amides is 1. The van der Waals surface area contributed by atoms with E-state index in [9.17, 15) is 19.8 Å². The minimum Gasteiger partial charge on any atom is -0.458 e. The Kier molecular flexibility index (Phi) is 15.9. The smallest absolute Gasteiger partial charge is 0.303 e. The normalized spacial score (nSPS) is 33.6. The quantitative estimate of drug-likeness (QED) is 0.0507. The van der Waals surface area contributed by atoms with Crippen LogP contribution < -0.4 is 16.4 Å². The second-order valence-electron chi connectivity index (χ2n) is 15.9. The fraction of sp³-hybridized carbons (Fsp3) is 0.850. The Morgan fingerprint density at radius 1 is 0.812 bits per heavy atom. The van der Waals surface area contributed by atoms with Crippen molar-refractivity contribution in [3.05, 3.63) is 22.8 Å². The zero-order valence-electron chi connectivity index (χ0n) is 30.7. The summed E-state index contributed by atoms with van der Waals surface area (Å²) in [6.07, 6.45) is 16.8. The third kappa shape index (κ3) is 10.4. The molecule has 8 nitrogen and oxygen atoms in total. The first-order valence-electron chi connectivity index (χ1n) is 19.7. The van der Waals surface area contributed by atoms with Gasteiger partial charge in [0.15, 0.2) is 0 Å². The number of aliphatic hydroxyl groups is 2. The Bertz CT molecular complexity index is 1090. The number of nitrogens with one attached hydrogen (secondary N) is 2. The molecule has 8 unspecified atom stereocenters. The average Bonchev–Trinajstić information content (AvgIpc) is 3.39. The summed E-state index contributed by atoms with van der Waals surface area (Å²) in [6, 6.07) is 0. The molecule has 0 spiro atoms. The molecule has 8 heteroatoms. The Balaban J connectivity index is 1.41. The molecule has 0 aromatic rings. The Labute approximate surface area is 291 Å². The maximum absolute atomic E-state index is 14.0. The van der Waals surface area contributed by atoms with Crippen molar-refractivity contribution >= 4 is 11.9 Å². The number of allylic oxidation sites excluding steroid dienone is 2. The first kappa shape index (κ1) is 39.1. The highest BCUT2D eigenvalue weighted by Crippen LogP contribution is 2.60. The van der Waals surface area contributed by atoms with E-state index in [-0.39, 0.29) is 35.7 Å². The number of rotatable bonds is 18. The number of nitrogens with two attached hydrogens (primary N) is 1. The number of carbonyl (C=O) groups excluding carboxylic acids is 2. The maximum Gasteiger partial charge on any atom is 0.303 e. The number of unbranched alkanes of at least 4 members (excludes halogenated alkanes) is 6. The van der Waals surface area contributed by atoms with Crippen molar-refractivity contribution in [3.8, 4) is 0 Å². The fourth-order valence-electron chi connectivity index (χ4n) is 10.2. The molecule has 0 heterocycles. The van der Waals surface area contributed by atoms with Gasteiger partial charge in [-0.05, 0) is 158 Å². The van der Waals surface area contributed by atoms with Crippen LogP contribution in [0.4, 0.5) is 0 Å². The number of esters is 1. The number of hydrogen-bond acceptors (Lipinski definition) is 7. The molecule has 0 radical (unpaired) electrons. The van der Waals surface area contributed by atoms with E-state index in [0.29, 0.717) is 43.1 Å². The van der Waals surface area contributed by atoms with Crippen LogP contribution in [0, 0.1) is 41.4 Å². The average molecular weight is 672 g/mol. The largest absolute Gasteiger partial charge is 0.458 e. The number of hydrogen-bond donors (Lipinski definition) is 5. The first-order valence-corrected chi connectivity index (χ1v) is 19.7. The van der Waals surface area contributed by atoms with Crippen LogP contribution >= 0.6 is 0 Å². The molecule has 10 atom stereocenters. The monoisotopic (exact) mass is 672 g/mol. The molecule has 274 valence electrons. The highest BCUT2D eigenvalue weighted by atomic mass is 16.5. The maximum atomic E-state index is 14.0. The second kappa shape index (κ2) is 19.6. The summed E-state index contributed by atoms with van der Waals surface area (Å²) >= 11 is 0. The van der Waals surface area contributed by atoms with Crippen LogP contribution in [0.2, 0.25) is 0 Å². The summed E-state index contributed by atoms with van der Waals surface area (Å²) in [7, 11) is 0. The lowest BCUT2D eigenvalue weighted by molar-refractivity contribution is -0.145. The van der Waals surface area contributed by atoms with Crippen molar-refractivity contribution in [3.63, 3.8) is 0 Å². The number of aliphatic hydroxyl groups excluding tert-OH is 2. The van der Waals surface area contributed by atoms with Gasteiger partial charge in [0.2, 0.25) is 5.91 Å². The number of ether oxygens (including phenoxy) is 1. The van der Waals surface area contributed by atoms with Crippen LogP contribution in [0.25, 0.3) is 0 Å². The minimum atomic E-state index is -0.440. The molecule has 4 aliphatic rings. The van der Waals surface area contributed by atoms with Crippen molar-refractivity contribution in [2.24, 2.45) is 47.2 Å². The van der Waals surface area contributed by atoms with Gasteiger partial charge in [-0.25, -0.2) is 0 Å². The van der Waals surface area contributed by atoms with E-state index < -0.39 is 12.2 Å². The van der Waals surface area contributed by atoms with Crippen molar-refractivity contribution in [1.82, 2.24) is 10.6 Å². The van der Waals surface area contributed by atoms with E-state index in [1.807, 2.05) is 0 Å². The Morgan fingerprint density at radius 2 is 1.44 bits per heavy atom. The molecule has 4 fully saturated rings. The zero-order chi connectivity index (χ0) is 34.6. The molecule has 4 aliphatic carbocycles. The van der Waals surface area contributed by atoms with Gasteiger partial charge in [-0.1, -0.05) is 44.3 Å². The lowest BCUT2D eigenvalue weighted by Gasteiger charge is -2.55. The molecule has 1 amide bonds. The second-order valence-corrected chi connectivity index (χ2v) is 15.9. The van der Waals surface area contributed by atoms with E-state index >= 15 is 0 Å². The summed E-state index contributed by atoms with van der Waals surface area (Å²) in [4.78, 5) is 26.4. The summed E-state index contributed by atoms with van der Waals surface area (Å²) in [5.74, 6) is 1.74. The number of fused-ring (bicyclic) bond motifs is 5. The van der Waals surface area contributed by atoms with Crippen LogP contribution in [0.3, 0.4) is 0 Å². The SMILES string of the molecule is CC(=O)OC1CC2C(CC(O)C3C2CCC2C3CC[C@@H](O)[C@H]2C)/C1=C(\CCC=C(C)C)C(=O)NCCCCCCNCCCCCCN. The van der Waals surface area contributed by atoms with E-state index in [2.05, 4.69) is 37.5 Å². The van der Waals surface area contributed by atoms with Gasteiger partial charge in [0.05, 0.1) is 12.2 Å². The molecular formula is C40H69N3O5. The highest BCUT2D eigenvalue weighted by Gasteiger charge is 2.57. The molecule has 4 saturated carbocycles. The van der Waals surface area contributed by atoms with E-state index in [4.69, 9.17) is 10.5 Å². The van der Waals surface area contributed by atoms with Gasteiger partial charge in [-0.15, -0.1) is 0 Å². The third-order valence-corrected chi connectivity index (χ3v) is 12.4. The molecule has 48 heavy (non-hydrogen) atoms. The van der Waals surface area contributed by atoms with Gasteiger partial charge in [-0.3, -0.25) is 9.59 Å². The minimum absolute atomic E-state index is 0.0309. The van der Waals surface area contributed by atoms with E-state index in [0.717, 1.165) is 101 Å². The molecule has 0 saturated heterocycles. The van der Waals surface area contributed by atoms with Crippen LogP contribution in [-0.2, 0) is 14.3 Å². The highest BCUT2D eigenvalue weighted by molar-refractivity contribution is 5.94. The van der Waals surface area contributed by atoms with Crippen LogP contribution in [0.15, 0.2) is 22.8 Å². The van der Waals surface area contributed by atoms with Gasteiger partial charge in [0.25, 0.3) is 0 Å². The molecule has 0 aliphatic heterocycles. The first-order chi connectivity index (χ1) is 23.1. The molecule has 0 aromatic heterocycles. The fourth-order valence-corrected chi connectivity index (χ4v) is 10.2. The molecule has 4 rings (SSSR count). The zero-order valence-corrected chi connectivity index (χ0v) is 30.7. The van der Waals surface area contributed by atoms with Gasteiger partial charge < -0.3 is 31.3 Å². The van der Waals surface area contributed by atoms with Crippen molar-refractivity contribution in [2.75, 3.05) is 26.2 Å². The molecule has 0 aromatic carbocycles. The Hall–Kier alpha value is -1.74. The van der Waals surface area contributed by atoms with Crippen molar-refractivity contribution < 1.29 is 24.5 Å². The third-order valence-electron chi connectivity index (χ3n) is 12.4. The van der Waals surface area contributed by atoms with Crippen LogP contribution in [-0.4, -0.2) is 66.6 Å². The van der Waals surface area contributed by atoms with Crippen LogP contribution in [0.1, 0.15) is 130 Å². The van der Waals surface area contributed by atoms with Gasteiger partial charge in [-0.2, -0.15) is 0 Å². The van der Waals surface area contributed by atoms with E-state index in [1.165, 1.54) is 31.8 Å². The molecule has 6 N–H and O–H groups in total. The van der Waals surface area contributed by atoms with Gasteiger partial charge in [0, 0.05) is 19.0 Å². The predicted molar refractivity (Wildman–Crippen MR) is 193 cm³/mol. The lowest BCUT2D eigenvalue weighted by atomic mass is 9.51. The van der Waals surface area contributed by atoms with Gasteiger partial charge in [0.1, 0.15) is 6.10 Å². The topological polar surface area (TPSA) is 134 Å². The van der Waals surface area contributed by atoms with Crippen LogP contribution in [0.5, 0.6) is 0 Å². The van der Waals surface area contributed by atoms with Crippen molar-refractivity contribution in [2.45, 2.75) is 149 Å². The van der Waals surface area contributed by atoms with E-state index in [1.54, 1.807) is 0 Å². The lowest BCUT2D eigenvalue weighted by Crippen LogP contribution is -2.53. The molecule has 0 bridgehead atoms. The standard InChI is InChI=1S/C40H69N3O5/c1-26(2)14-13-15-32(40(47)43-23-12-8-7-11-22-42-21-10-6-5-9-20-41)39-34-24-36(46)38-30-18-19-35(45)27(3)29(30)16-17-31(38)33(34)25-37(39)48-28(4)44/h14,27,29-31,33-38,42,45-46H,5-13,15-25,41H2,1-4H3,(H,43,47)/b39-32-/t27-,29?,30?,31?,33?,34?,35+,36?,37?,38?/m0/s1. The van der Waals surface area contributed by atoms with Crippen molar-refractivity contribution in [1.29, 1.82) is 0 Å². The summed E-state index contributed by atoms with van der Waals surface area (Å²) in [6.45, 7) is 11.4. The Morgan fingerprint density at radius 3 is 2.10 bits per heavy atom. The summed E-state index contributed by atoms with van der Waals surface area (Å²) in [5, 5.41) is 29.2. The predicted octanol–water partition coefficient (Wildman–Crippen LogP) is 6.20. The number of carbonyl (C=O) groups is 2. The molecular weight excluding hydrogens is 602 g/mol. The summed E-state index contributed by atoms with van der Waals surface area (Å²) in [5.41, 5.74) is 8.55.